The fraction of sp³-hybridized carbons (Fsp3) is 0.545. The minimum absolute atomic E-state index is 0.375. The molecule has 0 saturated carbocycles. The number of piperidine rings is 1. The third-order valence-corrected chi connectivity index (χ3v) is 3.62. The molecule has 2 unspecified atom stereocenters. The number of allylic oxidation sites excluding steroid dienone is 3. The average molecular weight is 174 g/mol. The van der Waals surface area contributed by atoms with E-state index in [1.54, 1.807) is 0 Å². The quantitative estimate of drug-likeness (QED) is 0.591. The summed E-state index contributed by atoms with van der Waals surface area (Å²) in [7, 11) is 0. The molecule has 1 spiro atoms. The molecule has 3 rings (SSSR count). The standard InChI is InChI=1S/C11H14N2/c1-2-9-8-12-6-4-11(9)5-7-13-10(11)3-1/h1-3,7,9,12H,4-6,8H2. The van der Waals surface area contributed by atoms with Gasteiger partial charge in [-0.1, -0.05) is 12.2 Å². The van der Waals surface area contributed by atoms with Crippen LogP contribution < -0.4 is 5.32 Å². The van der Waals surface area contributed by atoms with Crippen molar-refractivity contribution in [2.75, 3.05) is 13.1 Å². The summed E-state index contributed by atoms with van der Waals surface area (Å²) in [5, 5.41) is 3.46. The van der Waals surface area contributed by atoms with Crippen molar-refractivity contribution in [1.29, 1.82) is 0 Å². The van der Waals surface area contributed by atoms with Gasteiger partial charge in [-0.05, 0) is 25.5 Å². The lowest BCUT2D eigenvalue weighted by molar-refractivity contribution is 0.203. The summed E-state index contributed by atoms with van der Waals surface area (Å²) in [5.41, 5.74) is 1.70. The lowest BCUT2D eigenvalue weighted by Crippen LogP contribution is -2.44. The Balaban J connectivity index is 2.05. The van der Waals surface area contributed by atoms with Gasteiger partial charge < -0.3 is 5.32 Å². The van der Waals surface area contributed by atoms with Gasteiger partial charge in [0, 0.05) is 29.8 Å². The molecule has 1 saturated heterocycles. The van der Waals surface area contributed by atoms with Gasteiger partial charge in [-0.3, -0.25) is 4.99 Å². The Hall–Kier alpha value is -0.890. The second-order valence-corrected chi connectivity index (χ2v) is 4.17. The van der Waals surface area contributed by atoms with Gasteiger partial charge in [-0.2, -0.15) is 0 Å². The summed E-state index contributed by atoms with van der Waals surface area (Å²) in [6.45, 7) is 2.27. The molecular weight excluding hydrogens is 160 g/mol. The van der Waals surface area contributed by atoms with Crippen molar-refractivity contribution in [3.05, 3.63) is 23.9 Å². The summed E-state index contributed by atoms with van der Waals surface area (Å²) in [6, 6.07) is 0. The molecule has 1 N–H and O–H groups in total. The minimum Gasteiger partial charge on any atom is -0.316 e. The highest BCUT2D eigenvalue weighted by Crippen LogP contribution is 2.49. The molecule has 0 aromatic carbocycles. The van der Waals surface area contributed by atoms with Crippen LogP contribution >= 0.6 is 0 Å². The zero-order valence-corrected chi connectivity index (χ0v) is 7.66. The molecule has 13 heavy (non-hydrogen) atoms. The predicted octanol–water partition coefficient (Wildman–Crippen LogP) is 1.51. The van der Waals surface area contributed by atoms with Crippen molar-refractivity contribution in [1.82, 2.24) is 5.32 Å². The Bertz CT molecular complexity index is 314. The summed E-state index contributed by atoms with van der Waals surface area (Å²) in [4.78, 5) is 4.49. The minimum atomic E-state index is 0.375. The van der Waals surface area contributed by atoms with E-state index in [0.29, 0.717) is 11.3 Å². The first-order chi connectivity index (χ1) is 6.42. The molecule has 0 radical (unpaired) electrons. The van der Waals surface area contributed by atoms with E-state index >= 15 is 0 Å². The van der Waals surface area contributed by atoms with Gasteiger partial charge in [-0.15, -0.1) is 0 Å². The summed E-state index contributed by atoms with van der Waals surface area (Å²) in [5.74, 6) is 0.670. The fourth-order valence-electron chi connectivity index (χ4n) is 2.80. The molecule has 1 fully saturated rings. The molecule has 68 valence electrons. The SMILES string of the molecule is C1=CC2CNCCC23CC=NC3=C1. The highest BCUT2D eigenvalue weighted by Gasteiger charge is 2.45. The molecule has 0 aromatic heterocycles. The smallest absolute Gasteiger partial charge is 0.0471 e. The first kappa shape index (κ1) is 7.51. The average Bonchev–Trinajstić information content (AvgIpc) is 2.58. The Morgan fingerprint density at radius 3 is 3.54 bits per heavy atom. The Labute approximate surface area is 78.4 Å². The maximum Gasteiger partial charge on any atom is 0.0471 e. The molecule has 2 atom stereocenters. The lowest BCUT2D eigenvalue weighted by atomic mass is 9.66. The zero-order valence-electron chi connectivity index (χ0n) is 7.66. The zero-order chi connectivity index (χ0) is 8.73. The van der Waals surface area contributed by atoms with Crippen LogP contribution in [0.15, 0.2) is 28.9 Å². The van der Waals surface area contributed by atoms with Gasteiger partial charge in [0.25, 0.3) is 0 Å². The topological polar surface area (TPSA) is 24.4 Å². The van der Waals surface area contributed by atoms with Crippen molar-refractivity contribution in [2.45, 2.75) is 12.8 Å². The molecule has 2 heteroatoms. The third kappa shape index (κ3) is 0.894. The fourth-order valence-corrected chi connectivity index (χ4v) is 2.80. The molecule has 2 nitrogen and oxygen atoms in total. The molecule has 0 bridgehead atoms. The van der Waals surface area contributed by atoms with E-state index in [-0.39, 0.29) is 0 Å². The van der Waals surface area contributed by atoms with Crippen LogP contribution in [0.2, 0.25) is 0 Å². The second kappa shape index (κ2) is 2.55. The van der Waals surface area contributed by atoms with Crippen molar-refractivity contribution < 1.29 is 0 Å². The van der Waals surface area contributed by atoms with Crippen LogP contribution in [-0.4, -0.2) is 19.3 Å². The second-order valence-electron chi connectivity index (χ2n) is 4.17. The maximum atomic E-state index is 4.49. The van der Waals surface area contributed by atoms with Crippen molar-refractivity contribution in [2.24, 2.45) is 16.3 Å². The van der Waals surface area contributed by atoms with E-state index < -0.39 is 0 Å². The highest BCUT2D eigenvalue weighted by atomic mass is 14.9. The van der Waals surface area contributed by atoms with Gasteiger partial charge in [0.1, 0.15) is 0 Å². The van der Waals surface area contributed by atoms with E-state index in [4.69, 9.17) is 0 Å². The van der Waals surface area contributed by atoms with Crippen LogP contribution in [0.1, 0.15) is 12.8 Å². The monoisotopic (exact) mass is 174 g/mol. The Morgan fingerprint density at radius 2 is 2.54 bits per heavy atom. The first-order valence-corrected chi connectivity index (χ1v) is 5.04. The van der Waals surface area contributed by atoms with Crippen molar-refractivity contribution in [3.63, 3.8) is 0 Å². The highest BCUT2D eigenvalue weighted by molar-refractivity contribution is 5.67. The van der Waals surface area contributed by atoms with Gasteiger partial charge in [0.15, 0.2) is 0 Å². The summed E-state index contributed by atoms with van der Waals surface area (Å²) in [6.07, 6.45) is 11.2. The number of hydrogen-bond acceptors (Lipinski definition) is 2. The summed E-state index contributed by atoms with van der Waals surface area (Å²) < 4.78 is 0. The lowest BCUT2D eigenvalue weighted by Gasteiger charge is -2.42. The first-order valence-electron chi connectivity index (χ1n) is 5.04. The molecule has 0 amide bonds. The van der Waals surface area contributed by atoms with Gasteiger partial charge >= 0.3 is 0 Å². The van der Waals surface area contributed by atoms with E-state index in [1.807, 2.05) is 0 Å². The molecular formula is C11H14N2. The molecule has 2 aliphatic heterocycles. The van der Waals surface area contributed by atoms with Gasteiger partial charge in [-0.25, -0.2) is 0 Å². The van der Waals surface area contributed by atoms with Crippen LogP contribution in [0.3, 0.4) is 0 Å². The van der Waals surface area contributed by atoms with Gasteiger partial charge in [0.05, 0.1) is 0 Å². The van der Waals surface area contributed by atoms with E-state index in [9.17, 15) is 0 Å². The Morgan fingerprint density at radius 1 is 1.54 bits per heavy atom. The molecule has 3 aliphatic rings. The number of aliphatic imine (C=N–C) groups is 1. The number of nitrogens with one attached hydrogen (secondary N) is 1. The Kier molecular flexibility index (Phi) is 1.47. The van der Waals surface area contributed by atoms with Crippen LogP contribution in [0.5, 0.6) is 0 Å². The molecule has 1 aliphatic carbocycles. The largest absolute Gasteiger partial charge is 0.316 e. The van der Waals surface area contributed by atoms with Crippen LogP contribution in [-0.2, 0) is 0 Å². The van der Waals surface area contributed by atoms with E-state index in [2.05, 4.69) is 34.8 Å². The van der Waals surface area contributed by atoms with E-state index in [1.165, 1.54) is 12.1 Å². The maximum absolute atomic E-state index is 4.49. The van der Waals surface area contributed by atoms with Crippen molar-refractivity contribution in [3.8, 4) is 0 Å². The van der Waals surface area contributed by atoms with Crippen LogP contribution in [0, 0.1) is 11.3 Å². The van der Waals surface area contributed by atoms with Crippen LogP contribution in [0.25, 0.3) is 0 Å². The number of rotatable bonds is 0. The number of hydrogen-bond donors (Lipinski definition) is 1. The predicted molar refractivity (Wildman–Crippen MR) is 53.7 cm³/mol. The number of nitrogens with zero attached hydrogens (tertiary/aromatic N) is 1. The van der Waals surface area contributed by atoms with Crippen molar-refractivity contribution >= 4 is 6.21 Å². The van der Waals surface area contributed by atoms with Crippen LogP contribution in [0.4, 0.5) is 0 Å². The normalized spacial score (nSPS) is 41.2. The third-order valence-electron chi connectivity index (χ3n) is 3.62. The summed E-state index contributed by atoms with van der Waals surface area (Å²) >= 11 is 0. The van der Waals surface area contributed by atoms with E-state index in [0.717, 1.165) is 19.5 Å². The molecule has 0 aromatic rings. The molecule has 2 heterocycles. The van der Waals surface area contributed by atoms with Gasteiger partial charge in [0.2, 0.25) is 0 Å².